The Hall–Kier alpha value is -2.76. The van der Waals surface area contributed by atoms with Gasteiger partial charge in [-0.3, -0.25) is 9.59 Å². The lowest BCUT2D eigenvalue weighted by Crippen LogP contribution is -2.27. The SMILES string of the molecule is Cc1ccc(-n2c(C)cc(C=C3SC(=O)N(c4ccc(Cl)cc4)C3=O)c2C)c(C)c1. The molecule has 2 heterocycles. The number of benzene rings is 2. The zero-order valence-corrected chi connectivity index (χ0v) is 18.8. The number of aryl methyl sites for hydroxylation is 3. The minimum atomic E-state index is -0.316. The molecule has 3 aromatic rings. The molecule has 4 nitrogen and oxygen atoms in total. The molecule has 2 aromatic carbocycles. The average molecular weight is 437 g/mol. The van der Waals surface area contributed by atoms with Crippen molar-refractivity contribution in [2.24, 2.45) is 0 Å². The van der Waals surface area contributed by atoms with Crippen LogP contribution in [0.25, 0.3) is 11.8 Å². The van der Waals surface area contributed by atoms with E-state index in [1.165, 1.54) is 16.0 Å². The van der Waals surface area contributed by atoms with Gasteiger partial charge in [-0.05, 0) is 93.1 Å². The second kappa shape index (κ2) is 7.82. The van der Waals surface area contributed by atoms with Gasteiger partial charge in [0.05, 0.1) is 10.6 Å². The van der Waals surface area contributed by atoms with Gasteiger partial charge in [-0.25, -0.2) is 4.90 Å². The first-order valence-electron chi connectivity index (χ1n) is 9.56. The van der Waals surface area contributed by atoms with E-state index in [-0.39, 0.29) is 11.1 Å². The number of carbonyl (C=O) groups excluding carboxylic acids is 2. The second-order valence-electron chi connectivity index (χ2n) is 7.45. The van der Waals surface area contributed by atoms with Crippen molar-refractivity contribution in [2.75, 3.05) is 4.90 Å². The summed E-state index contributed by atoms with van der Waals surface area (Å²) in [5.74, 6) is -0.316. The van der Waals surface area contributed by atoms with E-state index in [0.717, 1.165) is 34.4 Å². The molecule has 4 rings (SSSR count). The van der Waals surface area contributed by atoms with Crippen molar-refractivity contribution in [2.45, 2.75) is 27.7 Å². The highest BCUT2D eigenvalue weighted by molar-refractivity contribution is 8.19. The van der Waals surface area contributed by atoms with Crippen LogP contribution >= 0.6 is 23.4 Å². The van der Waals surface area contributed by atoms with Gasteiger partial charge in [0.2, 0.25) is 0 Å². The largest absolute Gasteiger partial charge is 0.318 e. The molecule has 30 heavy (non-hydrogen) atoms. The Morgan fingerprint density at radius 3 is 2.30 bits per heavy atom. The molecule has 1 aromatic heterocycles. The molecule has 1 aliphatic heterocycles. The highest BCUT2D eigenvalue weighted by Crippen LogP contribution is 2.37. The number of thioether (sulfide) groups is 1. The lowest BCUT2D eigenvalue weighted by Gasteiger charge is -2.13. The van der Waals surface area contributed by atoms with Gasteiger partial charge in [0.25, 0.3) is 11.1 Å². The van der Waals surface area contributed by atoms with Crippen LogP contribution in [0.3, 0.4) is 0 Å². The van der Waals surface area contributed by atoms with Crippen LogP contribution in [-0.4, -0.2) is 15.7 Å². The molecule has 1 saturated heterocycles. The summed E-state index contributed by atoms with van der Waals surface area (Å²) < 4.78 is 2.18. The van der Waals surface area contributed by atoms with Gasteiger partial charge in [-0.1, -0.05) is 29.3 Å². The number of imide groups is 1. The van der Waals surface area contributed by atoms with Crippen LogP contribution in [0.2, 0.25) is 5.02 Å². The summed E-state index contributed by atoms with van der Waals surface area (Å²) in [7, 11) is 0. The predicted octanol–water partition coefficient (Wildman–Crippen LogP) is 6.61. The van der Waals surface area contributed by atoms with E-state index in [1.807, 2.05) is 26.0 Å². The third kappa shape index (κ3) is 3.59. The topological polar surface area (TPSA) is 42.3 Å². The van der Waals surface area contributed by atoms with Gasteiger partial charge in [0.15, 0.2) is 0 Å². The van der Waals surface area contributed by atoms with Crippen LogP contribution in [0.5, 0.6) is 0 Å². The summed E-state index contributed by atoms with van der Waals surface area (Å²) in [5.41, 5.74) is 7.06. The van der Waals surface area contributed by atoms with Crippen LogP contribution in [0, 0.1) is 27.7 Å². The van der Waals surface area contributed by atoms with Gasteiger partial charge in [-0.15, -0.1) is 0 Å². The quantitative estimate of drug-likeness (QED) is 0.434. The lowest BCUT2D eigenvalue weighted by atomic mass is 10.1. The Bertz CT molecular complexity index is 1210. The number of hydrogen-bond acceptors (Lipinski definition) is 3. The smallest absolute Gasteiger partial charge is 0.298 e. The summed E-state index contributed by atoms with van der Waals surface area (Å²) in [6.07, 6.45) is 1.81. The molecule has 0 aliphatic carbocycles. The molecule has 2 amide bonds. The minimum absolute atomic E-state index is 0.309. The Morgan fingerprint density at radius 2 is 1.63 bits per heavy atom. The Morgan fingerprint density at radius 1 is 0.933 bits per heavy atom. The molecule has 1 fully saturated rings. The fourth-order valence-electron chi connectivity index (χ4n) is 3.78. The molecule has 0 N–H and O–H groups in total. The van der Waals surface area contributed by atoms with Crippen molar-refractivity contribution in [3.63, 3.8) is 0 Å². The molecule has 0 radical (unpaired) electrons. The molecule has 152 valence electrons. The summed E-state index contributed by atoms with van der Waals surface area (Å²) in [6.45, 7) is 8.25. The molecule has 1 aliphatic rings. The number of rotatable bonds is 3. The number of carbonyl (C=O) groups is 2. The molecule has 0 bridgehead atoms. The molecule has 0 unspecified atom stereocenters. The van der Waals surface area contributed by atoms with Gasteiger partial charge in [0, 0.05) is 22.1 Å². The summed E-state index contributed by atoms with van der Waals surface area (Å²) in [5, 5.41) is 0.247. The molecular weight excluding hydrogens is 416 g/mol. The number of halogens is 1. The van der Waals surface area contributed by atoms with E-state index in [1.54, 1.807) is 24.3 Å². The summed E-state index contributed by atoms with van der Waals surface area (Å²) in [4.78, 5) is 27.1. The first-order chi connectivity index (χ1) is 14.3. The van der Waals surface area contributed by atoms with Gasteiger partial charge in [-0.2, -0.15) is 0 Å². The third-order valence-corrected chi connectivity index (χ3v) is 6.35. The fourth-order valence-corrected chi connectivity index (χ4v) is 4.74. The highest BCUT2D eigenvalue weighted by Gasteiger charge is 2.36. The van der Waals surface area contributed by atoms with E-state index in [2.05, 4.69) is 36.6 Å². The van der Waals surface area contributed by atoms with Crippen molar-refractivity contribution >= 4 is 46.3 Å². The van der Waals surface area contributed by atoms with Crippen molar-refractivity contribution < 1.29 is 9.59 Å². The highest BCUT2D eigenvalue weighted by atomic mass is 35.5. The van der Waals surface area contributed by atoms with Crippen LogP contribution < -0.4 is 4.90 Å². The first kappa shape index (κ1) is 20.5. The molecule has 6 heteroatoms. The summed E-state index contributed by atoms with van der Waals surface area (Å²) >= 11 is 6.88. The zero-order valence-electron chi connectivity index (χ0n) is 17.2. The van der Waals surface area contributed by atoms with E-state index in [9.17, 15) is 9.59 Å². The van der Waals surface area contributed by atoms with E-state index in [4.69, 9.17) is 11.6 Å². The Kier molecular flexibility index (Phi) is 5.35. The van der Waals surface area contributed by atoms with E-state index < -0.39 is 0 Å². The number of aromatic nitrogens is 1. The fraction of sp³-hybridized carbons (Fsp3) is 0.167. The lowest BCUT2D eigenvalue weighted by molar-refractivity contribution is -0.113. The zero-order chi connectivity index (χ0) is 21.6. The Labute approximate surface area is 185 Å². The van der Waals surface area contributed by atoms with Crippen LogP contribution in [0.4, 0.5) is 10.5 Å². The standard InChI is InChI=1S/C24H21ClN2O2S/c1-14-5-10-21(15(2)11-14)26-16(3)12-18(17(26)4)13-22-23(28)27(24(29)30-22)20-8-6-19(25)7-9-20/h5-13H,1-4H3. The number of nitrogens with zero attached hydrogens (tertiary/aromatic N) is 2. The Balaban J connectivity index is 1.71. The average Bonchev–Trinajstić information content (AvgIpc) is 3.12. The number of hydrogen-bond donors (Lipinski definition) is 0. The molecule has 0 spiro atoms. The maximum absolute atomic E-state index is 12.9. The van der Waals surface area contributed by atoms with Gasteiger partial charge >= 0.3 is 0 Å². The first-order valence-corrected chi connectivity index (χ1v) is 10.8. The van der Waals surface area contributed by atoms with Crippen molar-refractivity contribution in [1.82, 2.24) is 4.57 Å². The number of anilines is 1. The maximum Gasteiger partial charge on any atom is 0.298 e. The van der Waals surface area contributed by atoms with Crippen molar-refractivity contribution in [1.29, 1.82) is 0 Å². The molecule has 0 atom stereocenters. The van der Waals surface area contributed by atoms with Crippen LogP contribution in [-0.2, 0) is 4.79 Å². The van der Waals surface area contributed by atoms with Crippen LogP contribution in [0.1, 0.15) is 28.1 Å². The normalized spacial score (nSPS) is 15.5. The monoisotopic (exact) mass is 436 g/mol. The molecular formula is C24H21ClN2O2S. The summed E-state index contributed by atoms with van der Waals surface area (Å²) in [6, 6.07) is 15.1. The van der Waals surface area contributed by atoms with E-state index in [0.29, 0.717) is 15.6 Å². The predicted molar refractivity (Wildman–Crippen MR) is 125 cm³/mol. The van der Waals surface area contributed by atoms with Gasteiger partial charge < -0.3 is 4.57 Å². The van der Waals surface area contributed by atoms with Gasteiger partial charge in [0.1, 0.15) is 0 Å². The maximum atomic E-state index is 12.9. The van der Waals surface area contributed by atoms with E-state index >= 15 is 0 Å². The molecule has 0 saturated carbocycles. The third-order valence-electron chi connectivity index (χ3n) is 5.23. The van der Waals surface area contributed by atoms with Crippen LogP contribution in [0.15, 0.2) is 53.4 Å². The second-order valence-corrected chi connectivity index (χ2v) is 8.87. The van der Waals surface area contributed by atoms with Crippen molar-refractivity contribution in [3.8, 4) is 5.69 Å². The number of amides is 2. The van der Waals surface area contributed by atoms with Crippen molar-refractivity contribution in [3.05, 3.63) is 86.5 Å². The minimum Gasteiger partial charge on any atom is -0.318 e.